The van der Waals surface area contributed by atoms with Gasteiger partial charge in [0.05, 0.1) is 13.2 Å². The molecule has 1 amide bonds. The zero-order valence-electron chi connectivity index (χ0n) is 15.5. The lowest BCUT2D eigenvalue weighted by molar-refractivity contribution is 0.0949. The van der Waals surface area contributed by atoms with Gasteiger partial charge in [-0.05, 0) is 35.9 Å². The number of hydrogen-bond acceptors (Lipinski definition) is 4. The average Bonchev–Trinajstić information content (AvgIpc) is 2.97. The van der Waals surface area contributed by atoms with Crippen molar-refractivity contribution in [3.8, 4) is 22.8 Å². The van der Waals surface area contributed by atoms with E-state index in [0.29, 0.717) is 41.0 Å². The lowest BCUT2D eigenvalue weighted by atomic mass is 10.1. The summed E-state index contributed by atoms with van der Waals surface area (Å²) in [5.41, 5.74) is 1.67. The van der Waals surface area contributed by atoms with Crippen LogP contribution in [0.5, 0.6) is 11.5 Å². The van der Waals surface area contributed by atoms with E-state index in [1.54, 1.807) is 18.2 Å². The number of pyridine rings is 1. The number of fused-ring (bicyclic) bond motifs is 1. The van der Waals surface area contributed by atoms with Gasteiger partial charge < -0.3 is 19.8 Å². The average molecular weight is 411 g/mol. The molecule has 3 aromatic rings. The number of amides is 1. The van der Waals surface area contributed by atoms with E-state index >= 15 is 0 Å². The number of benzene rings is 2. The van der Waals surface area contributed by atoms with Gasteiger partial charge in [-0.25, -0.2) is 0 Å². The SMILES string of the molecule is O=C(NCc1ccc2c(c1)OCCCO2)c1ccc(-c2ccccc2Cl)[nH]c1=O. The van der Waals surface area contributed by atoms with Crippen LogP contribution in [0.4, 0.5) is 0 Å². The predicted octanol–water partition coefficient (Wildman–Crippen LogP) is 3.79. The molecular formula is C22H19ClN2O4. The second-order valence-corrected chi connectivity index (χ2v) is 7.02. The summed E-state index contributed by atoms with van der Waals surface area (Å²) in [6.07, 6.45) is 0.827. The monoisotopic (exact) mass is 410 g/mol. The summed E-state index contributed by atoms with van der Waals surface area (Å²) in [4.78, 5) is 27.6. The van der Waals surface area contributed by atoms with Crippen LogP contribution in [0, 0.1) is 0 Å². The lowest BCUT2D eigenvalue weighted by Crippen LogP contribution is -2.29. The molecule has 0 unspecified atom stereocenters. The molecule has 2 heterocycles. The first-order valence-corrected chi connectivity index (χ1v) is 9.64. The molecule has 6 nitrogen and oxygen atoms in total. The second kappa shape index (κ2) is 8.41. The zero-order valence-corrected chi connectivity index (χ0v) is 16.3. The van der Waals surface area contributed by atoms with Crippen LogP contribution in [0.2, 0.25) is 5.02 Å². The van der Waals surface area contributed by atoms with E-state index in [9.17, 15) is 9.59 Å². The Morgan fingerprint density at radius 2 is 1.83 bits per heavy atom. The summed E-state index contributed by atoms with van der Waals surface area (Å²) >= 11 is 6.17. The van der Waals surface area contributed by atoms with Gasteiger partial charge in [0.1, 0.15) is 5.56 Å². The van der Waals surface area contributed by atoms with Crippen molar-refractivity contribution in [1.82, 2.24) is 10.3 Å². The van der Waals surface area contributed by atoms with Crippen LogP contribution in [0.3, 0.4) is 0 Å². The van der Waals surface area contributed by atoms with Crippen LogP contribution < -0.4 is 20.3 Å². The molecule has 1 aromatic heterocycles. The molecule has 2 aromatic carbocycles. The van der Waals surface area contributed by atoms with Gasteiger partial charge in [-0.2, -0.15) is 0 Å². The first-order valence-electron chi connectivity index (χ1n) is 9.27. The molecule has 0 bridgehead atoms. The van der Waals surface area contributed by atoms with Crippen molar-refractivity contribution < 1.29 is 14.3 Å². The molecule has 0 radical (unpaired) electrons. The second-order valence-electron chi connectivity index (χ2n) is 6.61. The summed E-state index contributed by atoms with van der Waals surface area (Å²) < 4.78 is 11.3. The number of halogens is 1. The van der Waals surface area contributed by atoms with Crippen molar-refractivity contribution in [2.24, 2.45) is 0 Å². The fourth-order valence-corrected chi connectivity index (χ4v) is 3.32. The number of nitrogens with one attached hydrogen (secondary N) is 2. The van der Waals surface area contributed by atoms with Crippen LogP contribution in [0.25, 0.3) is 11.3 Å². The third-order valence-corrected chi connectivity index (χ3v) is 4.91. The van der Waals surface area contributed by atoms with Crippen LogP contribution in [0.15, 0.2) is 59.4 Å². The highest BCUT2D eigenvalue weighted by Gasteiger charge is 2.14. The van der Waals surface area contributed by atoms with Crippen LogP contribution in [-0.4, -0.2) is 24.1 Å². The van der Waals surface area contributed by atoms with Crippen molar-refractivity contribution in [3.05, 3.63) is 81.1 Å². The van der Waals surface area contributed by atoms with Gasteiger partial charge in [0.25, 0.3) is 11.5 Å². The zero-order chi connectivity index (χ0) is 20.2. The van der Waals surface area contributed by atoms with Crippen LogP contribution in [-0.2, 0) is 6.54 Å². The molecule has 0 atom stereocenters. The predicted molar refractivity (Wildman–Crippen MR) is 111 cm³/mol. The fourth-order valence-electron chi connectivity index (χ4n) is 3.08. The maximum atomic E-state index is 12.5. The Labute approximate surface area is 172 Å². The number of carbonyl (C=O) groups excluding carboxylic acids is 1. The number of H-pyrrole nitrogens is 1. The summed E-state index contributed by atoms with van der Waals surface area (Å²) in [6, 6.07) is 15.9. The molecule has 29 heavy (non-hydrogen) atoms. The minimum Gasteiger partial charge on any atom is -0.490 e. The minimum atomic E-state index is -0.474. The van der Waals surface area contributed by atoms with Crippen LogP contribution in [0.1, 0.15) is 22.3 Å². The Morgan fingerprint density at radius 1 is 1.03 bits per heavy atom. The van der Waals surface area contributed by atoms with Crippen molar-refractivity contribution in [2.75, 3.05) is 13.2 Å². The van der Waals surface area contributed by atoms with Gasteiger partial charge in [0.15, 0.2) is 11.5 Å². The molecule has 148 valence electrons. The maximum Gasteiger partial charge on any atom is 0.261 e. The van der Waals surface area contributed by atoms with Crippen molar-refractivity contribution in [1.29, 1.82) is 0 Å². The lowest BCUT2D eigenvalue weighted by Gasteiger charge is -2.10. The molecule has 0 aliphatic carbocycles. The van der Waals surface area contributed by atoms with Gasteiger partial charge in [0, 0.05) is 29.2 Å². The molecule has 4 rings (SSSR count). The van der Waals surface area contributed by atoms with E-state index in [2.05, 4.69) is 10.3 Å². The van der Waals surface area contributed by atoms with Gasteiger partial charge in [-0.15, -0.1) is 0 Å². The standard InChI is InChI=1S/C22H19ClN2O4/c23-17-5-2-1-4-15(17)18-8-7-16(22(27)25-18)21(26)24-13-14-6-9-19-20(12-14)29-11-3-10-28-19/h1-2,4-9,12H,3,10-11,13H2,(H,24,26)(H,25,27). The number of carbonyl (C=O) groups is 1. The van der Waals surface area contributed by atoms with E-state index in [1.165, 1.54) is 6.07 Å². The smallest absolute Gasteiger partial charge is 0.261 e. The highest BCUT2D eigenvalue weighted by Crippen LogP contribution is 2.30. The fraction of sp³-hybridized carbons (Fsp3) is 0.182. The third kappa shape index (κ3) is 4.27. The first-order chi connectivity index (χ1) is 14.1. The third-order valence-electron chi connectivity index (χ3n) is 4.58. The summed E-state index contributed by atoms with van der Waals surface area (Å²) in [7, 11) is 0. The maximum absolute atomic E-state index is 12.5. The normalized spacial score (nSPS) is 12.9. The van der Waals surface area contributed by atoms with E-state index in [-0.39, 0.29) is 12.1 Å². The highest BCUT2D eigenvalue weighted by atomic mass is 35.5. The molecule has 0 saturated heterocycles. The van der Waals surface area contributed by atoms with Gasteiger partial charge >= 0.3 is 0 Å². The van der Waals surface area contributed by atoms with E-state index in [1.807, 2.05) is 30.3 Å². The highest BCUT2D eigenvalue weighted by molar-refractivity contribution is 6.33. The Balaban J connectivity index is 1.47. The Bertz CT molecular complexity index is 1110. The molecule has 0 spiro atoms. The molecule has 0 fully saturated rings. The molecule has 2 N–H and O–H groups in total. The molecule has 7 heteroatoms. The molecule has 0 saturated carbocycles. The van der Waals surface area contributed by atoms with Crippen molar-refractivity contribution in [3.63, 3.8) is 0 Å². The van der Waals surface area contributed by atoms with Gasteiger partial charge in [-0.3, -0.25) is 9.59 Å². The molecule has 1 aliphatic heterocycles. The summed E-state index contributed by atoms with van der Waals surface area (Å²) in [5, 5.41) is 3.29. The number of hydrogen-bond donors (Lipinski definition) is 2. The van der Waals surface area contributed by atoms with E-state index in [4.69, 9.17) is 21.1 Å². The largest absolute Gasteiger partial charge is 0.490 e. The van der Waals surface area contributed by atoms with Crippen molar-refractivity contribution in [2.45, 2.75) is 13.0 Å². The molecule has 1 aliphatic rings. The topological polar surface area (TPSA) is 80.4 Å². The first kappa shape index (κ1) is 19.1. The minimum absolute atomic E-state index is 0.0372. The number of aromatic nitrogens is 1. The molecular weight excluding hydrogens is 392 g/mol. The number of ether oxygens (including phenoxy) is 2. The summed E-state index contributed by atoms with van der Waals surface area (Å²) in [5.74, 6) is 0.907. The summed E-state index contributed by atoms with van der Waals surface area (Å²) in [6.45, 7) is 1.48. The van der Waals surface area contributed by atoms with E-state index in [0.717, 1.165) is 12.0 Å². The Hall–Kier alpha value is -3.25. The Morgan fingerprint density at radius 3 is 2.62 bits per heavy atom. The Kier molecular flexibility index (Phi) is 5.53. The van der Waals surface area contributed by atoms with E-state index < -0.39 is 11.5 Å². The van der Waals surface area contributed by atoms with Gasteiger partial charge in [0.2, 0.25) is 0 Å². The quantitative estimate of drug-likeness (QED) is 0.685. The van der Waals surface area contributed by atoms with Crippen LogP contribution >= 0.6 is 11.6 Å². The number of rotatable bonds is 4. The van der Waals surface area contributed by atoms with Gasteiger partial charge in [-0.1, -0.05) is 35.9 Å². The van der Waals surface area contributed by atoms with Crippen molar-refractivity contribution >= 4 is 17.5 Å². The number of aromatic amines is 1.